The zero-order chi connectivity index (χ0) is 17.3. The Morgan fingerprint density at radius 2 is 1.88 bits per heavy atom. The molecule has 6 heteroatoms. The number of fused-ring (bicyclic) bond motifs is 2. The molecule has 0 amide bonds. The minimum Gasteiger partial charge on any atom is -0.340 e. The Balaban J connectivity index is 1.55. The van der Waals surface area contributed by atoms with Gasteiger partial charge in [-0.2, -0.15) is 4.98 Å². The van der Waals surface area contributed by atoms with Gasteiger partial charge in [0.05, 0.1) is 12.1 Å². The molecule has 0 aliphatic carbocycles. The van der Waals surface area contributed by atoms with Gasteiger partial charge in [-0.05, 0) is 35.4 Å². The summed E-state index contributed by atoms with van der Waals surface area (Å²) in [4.78, 5) is 16.2. The summed E-state index contributed by atoms with van der Waals surface area (Å²) >= 11 is 0. The summed E-state index contributed by atoms with van der Waals surface area (Å²) in [5.41, 5.74) is 4.42. The molecule has 2 N–H and O–H groups in total. The van der Waals surface area contributed by atoms with Crippen LogP contribution in [0, 0.1) is 0 Å². The van der Waals surface area contributed by atoms with Crippen molar-refractivity contribution >= 4 is 34.6 Å². The molecule has 0 spiro atoms. The lowest BCUT2D eigenvalue weighted by atomic mass is 10.1. The monoisotopic (exact) mass is 344 g/mol. The Morgan fingerprint density at radius 1 is 1.00 bits per heavy atom. The zero-order valence-corrected chi connectivity index (χ0v) is 14.4. The van der Waals surface area contributed by atoms with E-state index in [2.05, 4.69) is 44.8 Å². The lowest BCUT2D eigenvalue weighted by molar-refractivity contribution is 0.581. The first-order valence-corrected chi connectivity index (χ1v) is 8.99. The summed E-state index contributed by atoms with van der Waals surface area (Å²) < 4.78 is 0. The highest BCUT2D eigenvalue weighted by molar-refractivity contribution is 5.92. The molecule has 3 aromatic rings. The van der Waals surface area contributed by atoms with E-state index in [1.54, 1.807) is 0 Å². The smallest absolute Gasteiger partial charge is 0.227 e. The molecule has 0 bridgehead atoms. The maximum Gasteiger partial charge on any atom is 0.227 e. The summed E-state index contributed by atoms with van der Waals surface area (Å²) in [5.74, 6) is 1.63. The van der Waals surface area contributed by atoms with E-state index in [4.69, 9.17) is 9.97 Å². The number of piperazine rings is 1. The quantitative estimate of drug-likeness (QED) is 0.765. The normalized spacial score (nSPS) is 16.1. The van der Waals surface area contributed by atoms with E-state index < -0.39 is 0 Å². The molecule has 0 radical (unpaired) electrons. The van der Waals surface area contributed by atoms with E-state index in [1.165, 1.54) is 11.1 Å². The number of nitrogens with one attached hydrogen (secondary N) is 2. The average Bonchev–Trinajstić information content (AvgIpc) is 3.16. The van der Waals surface area contributed by atoms with Crippen molar-refractivity contribution in [2.75, 3.05) is 36.4 Å². The van der Waals surface area contributed by atoms with Crippen LogP contribution in [0.25, 0.3) is 10.9 Å². The molecule has 0 saturated carbocycles. The third-order valence-corrected chi connectivity index (χ3v) is 4.89. The molecule has 1 saturated heterocycles. The predicted octanol–water partition coefficient (Wildman–Crippen LogP) is 2.72. The van der Waals surface area contributed by atoms with Gasteiger partial charge in [-0.25, -0.2) is 4.98 Å². The highest BCUT2D eigenvalue weighted by atomic mass is 15.3. The van der Waals surface area contributed by atoms with Gasteiger partial charge in [-0.1, -0.05) is 18.2 Å². The van der Waals surface area contributed by atoms with Crippen molar-refractivity contribution in [2.45, 2.75) is 6.54 Å². The third-order valence-electron chi connectivity index (χ3n) is 4.89. The second-order valence-electron chi connectivity index (χ2n) is 6.63. The second kappa shape index (κ2) is 6.38. The van der Waals surface area contributed by atoms with E-state index >= 15 is 0 Å². The van der Waals surface area contributed by atoms with Gasteiger partial charge in [0.2, 0.25) is 5.95 Å². The number of hydrogen-bond acceptors (Lipinski definition) is 6. The van der Waals surface area contributed by atoms with Gasteiger partial charge >= 0.3 is 0 Å². The molecule has 26 heavy (non-hydrogen) atoms. The lowest BCUT2D eigenvalue weighted by Crippen LogP contribution is -2.44. The molecular formula is C20H20N6. The fourth-order valence-corrected chi connectivity index (χ4v) is 3.48. The molecular weight excluding hydrogens is 324 g/mol. The van der Waals surface area contributed by atoms with Crippen LogP contribution in [0.2, 0.25) is 0 Å². The van der Waals surface area contributed by atoms with Crippen molar-refractivity contribution in [1.29, 1.82) is 0 Å². The first-order chi connectivity index (χ1) is 12.9. The summed E-state index contributed by atoms with van der Waals surface area (Å²) in [6, 6.07) is 14.5. The molecule has 130 valence electrons. The standard InChI is InChI=1S/C20H20N6/c1-2-4-18-17(3-1)19(25-20(24-18)26-9-7-21-8-10-26)23-16-6-5-14-12-22-13-15(14)11-16/h1-6,11,13,21H,7-10,12H2,(H,23,24,25). The van der Waals surface area contributed by atoms with Gasteiger partial charge in [-0.3, -0.25) is 4.99 Å². The summed E-state index contributed by atoms with van der Waals surface area (Å²) in [7, 11) is 0. The second-order valence-corrected chi connectivity index (χ2v) is 6.63. The van der Waals surface area contributed by atoms with Gasteiger partial charge in [0, 0.05) is 43.5 Å². The fraction of sp³-hybridized carbons (Fsp3) is 0.250. The molecule has 2 aliphatic heterocycles. The van der Waals surface area contributed by atoms with Crippen LogP contribution in [0.5, 0.6) is 0 Å². The molecule has 1 aromatic heterocycles. The molecule has 3 heterocycles. The van der Waals surface area contributed by atoms with E-state index in [0.717, 1.165) is 61.1 Å². The van der Waals surface area contributed by atoms with Crippen LogP contribution in [-0.4, -0.2) is 42.4 Å². The number of rotatable bonds is 3. The number of benzene rings is 2. The van der Waals surface area contributed by atoms with E-state index in [1.807, 2.05) is 24.4 Å². The maximum atomic E-state index is 4.86. The van der Waals surface area contributed by atoms with Crippen LogP contribution in [0.4, 0.5) is 17.5 Å². The molecule has 0 atom stereocenters. The maximum absolute atomic E-state index is 4.86. The Kier molecular flexibility index (Phi) is 3.75. The van der Waals surface area contributed by atoms with Crippen molar-refractivity contribution < 1.29 is 0 Å². The summed E-state index contributed by atoms with van der Waals surface area (Å²) in [6.45, 7) is 4.55. The first kappa shape index (κ1) is 15.3. The number of aromatic nitrogens is 2. The number of hydrogen-bond donors (Lipinski definition) is 2. The number of nitrogens with zero attached hydrogens (tertiary/aromatic N) is 4. The first-order valence-electron chi connectivity index (χ1n) is 8.99. The van der Waals surface area contributed by atoms with Crippen LogP contribution < -0.4 is 15.5 Å². The van der Waals surface area contributed by atoms with Crippen molar-refractivity contribution in [3.8, 4) is 0 Å². The number of anilines is 3. The largest absolute Gasteiger partial charge is 0.340 e. The Hall–Kier alpha value is -2.99. The molecule has 2 aromatic carbocycles. The Bertz CT molecular complexity index is 991. The lowest BCUT2D eigenvalue weighted by Gasteiger charge is -2.28. The topological polar surface area (TPSA) is 65.4 Å². The van der Waals surface area contributed by atoms with Gasteiger partial charge in [0.25, 0.3) is 0 Å². The average molecular weight is 344 g/mol. The molecule has 6 nitrogen and oxygen atoms in total. The molecule has 5 rings (SSSR count). The van der Waals surface area contributed by atoms with Crippen molar-refractivity contribution in [1.82, 2.24) is 15.3 Å². The van der Waals surface area contributed by atoms with Crippen molar-refractivity contribution in [3.63, 3.8) is 0 Å². The van der Waals surface area contributed by atoms with Crippen molar-refractivity contribution in [3.05, 3.63) is 53.6 Å². The van der Waals surface area contributed by atoms with Crippen LogP contribution in [-0.2, 0) is 6.54 Å². The molecule has 2 aliphatic rings. The van der Waals surface area contributed by atoms with E-state index in [9.17, 15) is 0 Å². The number of para-hydroxylation sites is 1. The summed E-state index contributed by atoms with van der Waals surface area (Å²) in [6.07, 6.45) is 1.94. The van der Waals surface area contributed by atoms with Gasteiger partial charge < -0.3 is 15.5 Å². The third kappa shape index (κ3) is 2.78. The molecule has 0 unspecified atom stereocenters. The van der Waals surface area contributed by atoms with Crippen LogP contribution in [0.15, 0.2) is 47.5 Å². The minimum absolute atomic E-state index is 0.777. The highest BCUT2D eigenvalue weighted by Gasteiger charge is 2.16. The van der Waals surface area contributed by atoms with Crippen LogP contribution in [0.1, 0.15) is 11.1 Å². The van der Waals surface area contributed by atoms with Gasteiger partial charge in [0.1, 0.15) is 5.82 Å². The van der Waals surface area contributed by atoms with E-state index in [0.29, 0.717) is 0 Å². The van der Waals surface area contributed by atoms with Gasteiger partial charge in [-0.15, -0.1) is 0 Å². The van der Waals surface area contributed by atoms with Crippen LogP contribution in [0.3, 0.4) is 0 Å². The fourth-order valence-electron chi connectivity index (χ4n) is 3.48. The molecule has 1 fully saturated rings. The minimum atomic E-state index is 0.777. The predicted molar refractivity (Wildman–Crippen MR) is 106 cm³/mol. The zero-order valence-electron chi connectivity index (χ0n) is 14.4. The van der Waals surface area contributed by atoms with Crippen molar-refractivity contribution in [2.24, 2.45) is 4.99 Å². The summed E-state index contributed by atoms with van der Waals surface area (Å²) in [5, 5.41) is 7.90. The number of aliphatic imine (C=N–C) groups is 1. The van der Waals surface area contributed by atoms with Crippen LogP contribution >= 0.6 is 0 Å². The Labute approximate surface area is 152 Å². The van der Waals surface area contributed by atoms with Gasteiger partial charge in [0.15, 0.2) is 0 Å². The van der Waals surface area contributed by atoms with E-state index in [-0.39, 0.29) is 0 Å². The Morgan fingerprint density at radius 3 is 2.81 bits per heavy atom. The SMILES string of the molecule is C1=NCc2ccc(Nc3nc(N4CCNCC4)nc4ccccc34)cc21. The highest BCUT2D eigenvalue weighted by Crippen LogP contribution is 2.28.